The zero-order valence-corrected chi connectivity index (χ0v) is 3.92. The van der Waals surface area contributed by atoms with Gasteiger partial charge in [-0.05, 0) is 0 Å². The Morgan fingerprint density at radius 3 is 2.67 bits per heavy atom. The zero-order chi connectivity index (χ0) is 4.99. The smallest absolute Gasteiger partial charge is 0.230 e. The number of carbonyl (C=O) groups excluding carboxylic acids is 1. The number of hydrazine groups is 1. The van der Waals surface area contributed by atoms with Crippen molar-refractivity contribution in [2.75, 3.05) is 0 Å². The van der Waals surface area contributed by atoms with Gasteiger partial charge in [0.15, 0.2) is 0 Å². The lowest BCUT2D eigenvalue weighted by Crippen LogP contribution is -2.26. The molecule has 0 aliphatic rings. The van der Waals surface area contributed by atoms with Gasteiger partial charge in [0.2, 0.25) is 5.91 Å². The molecule has 0 spiro atoms. The summed E-state index contributed by atoms with van der Waals surface area (Å²) < 4.78 is 6.32. The van der Waals surface area contributed by atoms with E-state index in [2.05, 4.69) is 5.84 Å². The highest BCUT2D eigenvalue weighted by atomic mass is 35.5. The predicted molar refractivity (Wildman–Crippen MR) is 25.3 cm³/mol. The summed E-state index contributed by atoms with van der Waals surface area (Å²) in [6, 6.07) is 0. The van der Waals surface area contributed by atoms with E-state index in [1.165, 1.54) is 0 Å². The largest absolute Gasteiger partial charge is 0.295 e. The van der Waals surface area contributed by atoms with E-state index in [1.807, 2.05) is 0 Å². The summed E-state index contributed by atoms with van der Waals surface area (Å²) >= 11 is 0. The highest BCUT2D eigenvalue weighted by molar-refractivity contribution is 5.85. The highest BCUT2D eigenvalue weighted by Crippen LogP contribution is 1.41. The molecule has 6 heavy (non-hydrogen) atoms. The van der Waals surface area contributed by atoms with Crippen molar-refractivity contribution in [2.45, 2.75) is 6.90 Å². The second kappa shape index (κ2) is 4.72. The van der Waals surface area contributed by atoms with Crippen LogP contribution in [0.1, 0.15) is 8.27 Å². The van der Waals surface area contributed by atoms with Gasteiger partial charge in [0.25, 0.3) is 0 Å². The van der Waals surface area contributed by atoms with Crippen molar-refractivity contribution in [2.24, 2.45) is 5.84 Å². The van der Waals surface area contributed by atoms with Crippen LogP contribution in [0.15, 0.2) is 0 Å². The van der Waals surface area contributed by atoms with Gasteiger partial charge in [0.1, 0.15) is 0 Å². The second-order valence-corrected chi connectivity index (χ2v) is 0.568. The summed E-state index contributed by atoms with van der Waals surface area (Å²) in [5.41, 5.74) is 1.79. The van der Waals surface area contributed by atoms with Crippen LogP contribution in [0.25, 0.3) is 0 Å². The predicted octanol–water partition coefficient (Wildman–Crippen LogP) is -0.582. The average Bonchev–Trinajstić information content (AvgIpc) is 1.65. The van der Waals surface area contributed by atoms with Crippen LogP contribution in [0.3, 0.4) is 0 Å². The second-order valence-electron chi connectivity index (χ2n) is 0.568. The molecule has 0 fully saturated rings. The number of hydrogen-bond donors (Lipinski definition) is 2. The fraction of sp³-hybridized carbons (Fsp3) is 0.500. The molecule has 0 aliphatic heterocycles. The van der Waals surface area contributed by atoms with Gasteiger partial charge in [0.05, 0.1) is 0 Å². The molecule has 4 heteroatoms. The molecule has 0 unspecified atom stereocenters. The molecule has 0 aromatic heterocycles. The quantitative estimate of drug-likeness (QED) is 0.250. The van der Waals surface area contributed by atoms with Gasteiger partial charge in [-0.3, -0.25) is 10.2 Å². The third-order valence-electron chi connectivity index (χ3n) is 0.161. The van der Waals surface area contributed by atoms with Crippen molar-refractivity contribution in [3.63, 3.8) is 0 Å². The number of nitrogens with one attached hydrogen (secondary N) is 1. The maximum atomic E-state index is 9.76. The van der Waals surface area contributed by atoms with Crippen LogP contribution in [0.2, 0.25) is 0 Å². The Hall–Kier alpha value is -0.280. The molecule has 0 aromatic rings. The van der Waals surface area contributed by atoms with Crippen molar-refractivity contribution in [1.82, 2.24) is 5.43 Å². The Balaban J connectivity index is 0. The van der Waals surface area contributed by atoms with Gasteiger partial charge in [0, 0.05) is 8.27 Å². The van der Waals surface area contributed by atoms with Gasteiger partial charge in [-0.25, -0.2) is 5.84 Å². The lowest BCUT2D eigenvalue weighted by molar-refractivity contribution is -0.119. The van der Waals surface area contributed by atoms with Crippen LogP contribution in [0.4, 0.5) is 0 Å². The first-order valence-corrected chi connectivity index (χ1v) is 1.10. The summed E-state index contributed by atoms with van der Waals surface area (Å²) in [4.78, 5) is 9.76. The lowest BCUT2D eigenvalue weighted by atomic mass is 10.8. The van der Waals surface area contributed by atoms with Crippen LogP contribution >= 0.6 is 12.4 Å². The van der Waals surface area contributed by atoms with Gasteiger partial charge < -0.3 is 0 Å². The maximum absolute atomic E-state index is 9.76. The molecule has 0 aliphatic carbocycles. The molecule has 0 radical (unpaired) electrons. The molecule has 3 nitrogen and oxygen atoms in total. The van der Waals surface area contributed by atoms with E-state index in [0.29, 0.717) is 0 Å². The number of rotatable bonds is 0. The van der Waals surface area contributed by atoms with E-state index >= 15 is 0 Å². The monoisotopic (exact) mass is 111 g/mol. The van der Waals surface area contributed by atoms with Crippen molar-refractivity contribution >= 4 is 18.3 Å². The lowest BCUT2D eigenvalue weighted by Gasteiger charge is -1.80. The molecule has 0 bridgehead atoms. The fourth-order valence-electron chi connectivity index (χ4n) is 0. The molecule has 0 heterocycles. The summed E-state index contributed by atoms with van der Waals surface area (Å²) in [6.45, 7) is -0.295. The first-order chi connectivity index (χ1) is 2.81. The van der Waals surface area contributed by atoms with E-state index in [0.717, 1.165) is 0 Å². The number of amides is 1. The highest BCUT2D eigenvalue weighted by Gasteiger charge is 1.73. The average molecular weight is 112 g/mol. The van der Waals surface area contributed by atoms with E-state index in [-0.39, 0.29) is 19.3 Å². The molecule has 1 amide bonds. The Morgan fingerprint density at radius 1 is 2.17 bits per heavy atom. The molecule has 0 aromatic carbocycles. The minimum Gasteiger partial charge on any atom is -0.295 e. The van der Waals surface area contributed by atoms with E-state index in [1.54, 1.807) is 5.43 Å². The molecular formula is C2H7ClN2O. The molecule has 0 saturated heterocycles. The van der Waals surface area contributed by atoms with Crippen LogP contribution < -0.4 is 11.3 Å². The number of nitrogens with two attached hydrogens (primary N) is 1. The molecule has 0 saturated carbocycles. The van der Waals surface area contributed by atoms with E-state index in [9.17, 15) is 4.79 Å². The number of hydrogen-bond acceptors (Lipinski definition) is 2. The number of halogens is 1. The fourth-order valence-corrected chi connectivity index (χ4v) is 0. The zero-order valence-electron chi connectivity index (χ0n) is 4.10. The summed E-state index contributed by atoms with van der Waals surface area (Å²) in [5.74, 6) is 4.10. The first kappa shape index (κ1) is 5.72. The topological polar surface area (TPSA) is 55.1 Å². The normalized spacial score (nSPS) is 7.83. The summed E-state index contributed by atoms with van der Waals surface area (Å²) in [7, 11) is 0. The van der Waals surface area contributed by atoms with Crippen LogP contribution in [-0.4, -0.2) is 5.91 Å². The summed E-state index contributed by atoms with van der Waals surface area (Å²) in [5, 5.41) is 0. The third-order valence-corrected chi connectivity index (χ3v) is 0.161. The minimum absolute atomic E-state index is 0. The van der Waals surface area contributed by atoms with E-state index in [4.69, 9.17) is 1.37 Å². The number of carbonyl (C=O) groups is 1. The van der Waals surface area contributed by atoms with Crippen LogP contribution in [-0.2, 0) is 4.79 Å². The van der Waals surface area contributed by atoms with Crippen LogP contribution in [0.5, 0.6) is 0 Å². The maximum Gasteiger partial charge on any atom is 0.230 e. The SMILES string of the molecule is Cl.[2H]CC(=O)NN. The van der Waals surface area contributed by atoms with Crippen molar-refractivity contribution in [3.8, 4) is 0 Å². The van der Waals surface area contributed by atoms with Gasteiger partial charge >= 0.3 is 0 Å². The van der Waals surface area contributed by atoms with Gasteiger partial charge in [-0.15, -0.1) is 12.4 Å². The molecule has 3 N–H and O–H groups in total. The summed E-state index contributed by atoms with van der Waals surface area (Å²) in [6.07, 6.45) is 0. The van der Waals surface area contributed by atoms with Gasteiger partial charge in [-0.2, -0.15) is 0 Å². The molecule has 0 rings (SSSR count). The Morgan fingerprint density at radius 2 is 2.67 bits per heavy atom. The molecular weight excluding hydrogens is 103 g/mol. The minimum atomic E-state index is -0.463. The molecule has 0 atom stereocenters. The van der Waals surface area contributed by atoms with Crippen molar-refractivity contribution < 1.29 is 6.17 Å². The van der Waals surface area contributed by atoms with Crippen molar-refractivity contribution in [1.29, 1.82) is 0 Å². The Labute approximate surface area is 43.7 Å². The third kappa shape index (κ3) is 9.30. The van der Waals surface area contributed by atoms with Crippen LogP contribution in [0, 0.1) is 0 Å². The first-order valence-electron chi connectivity index (χ1n) is 1.80. The Kier molecular flexibility index (Phi) is 4.50. The Bertz CT molecular complexity index is 53.7. The van der Waals surface area contributed by atoms with E-state index < -0.39 is 5.91 Å². The van der Waals surface area contributed by atoms with Gasteiger partial charge in [-0.1, -0.05) is 0 Å². The van der Waals surface area contributed by atoms with Crippen molar-refractivity contribution in [3.05, 3.63) is 0 Å². The standard InChI is InChI=1S/C2H6N2O.ClH/c1-2(5)4-3;/h3H2,1H3,(H,4,5);1H/i1D;. The molecule has 38 valence electrons.